The first kappa shape index (κ1) is 11.3. The lowest BCUT2D eigenvalue weighted by Gasteiger charge is -2.07. The Kier molecular flexibility index (Phi) is 2.40. The van der Waals surface area contributed by atoms with Gasteiger partial charge in [0, 0.05) is 16.3 Å². The SMILES string of the molecule is Cc1c(-c2ccccc2)ccc2c1[nH]c1ccccc12. The highest BCUT2D eigenvalue weighted by atomic mass is 14.7. The van der Waals surface area contributed by atoms with E-state index >= 15 is 0 Å². The molecule has 0 bridgehead atoms. The third kappa shape index (κ3) is 1.56. The van der Waals surface area contributed by atoms with Gasteiger partial charge in [0.15, 0.2) is 0 Å². The van der Waals surface area contributed by atoms with Gasteiger partial charge in [-0.25, -0.2) is 0 Å². The molecule has 0 aliphatic rings. The fraction of sp³-hybridized carbons (Fsp3) is 0.0526. The normalized spacial score (nSPS) is 11.2. The first-order valence-corrected chi connectivity index (χ1v) is 6.90. The second kappa shape index (κ2) is 4.24. The molecule has 1 heteroatoms. The van der Waals surface area contributed by atoms with E-state index in [0.29, 0.717) is 0 Å². The highest BCUT2D eigenvalue weighted by molar-refractivity contribution is 6.09. The van der Waals surface area contributed by atoms with Crippen LogP contribution in [-0.2, 0) is 0 Å². The van der Waals surface area contributed by atoms with Gasteiger partial charge in [0.1, 0.15) is 0 Å². The van der Waals surface area contributed by atoms with E-state index in [9.17, 15) is 0 Å². The Bertz CT molecular complexity index is 901. The molecule has 0 saturated heterocycles. The second-order valence-corrected chi connectivity index (χ2v) is 5.20. The predicted molar refractivity (Wildman–Crippen MR) is 86.0 cm³/mol. The number of aryl methyl sites for hydroxylation is 1. The molecule has 0 aliphatic heterocycles. The molecular formula is C19H15N. The Morgan fingerprint density at radius 3 is 2.30 bits per heavy atom. The molecule has 4 rings (SSSR count). The van der Waals surface area contributed by atoms with E-state index in [0.717, 1.165) is 0 Å². The van der Waals surface area contributed by atoms with Crippen LogP contribution in [0.4, 0.5) is 0 Å². The van der Waals surface area contributed by atoms with Crippen LogP contribution in [0.1, 0.15) is 5.56 Å². The molecular weight excluding hydrogens is 242 g/mol. The van der Waals surface area contributed by atoms with Gasteiger partial charge in [-0.2, -0.15) is 0 Å². The third-order valence-electron chi connectivity index (χ3n) is 4.03. The zero-order valence-electron chi connectivity index (χ0n) is 11.4. The molecule has 0 unspecified atom stereocenters. The summed E-state index contributed by atoms with van der Waals surface area (Å²) in [6, 6.07) is 23.5. The molecule has 1 N–H and O–H groups in total. The summed E-state index contributed by atoms with van der Waals surface area (Å²) in [5, 5.41) is 2.60. The largest absolute Gasteiger partial charge is 0.354 e. The van der Waals surface area contributed by atoms with E-state index in [1.807, 2.05) is 0 Å². The number of H-pyrrole nitrogens is 1. The molecule has 20 heavy (non-hydrogen) atoms. The summed E-state index contributed by atoms with van der Waals surface area (Å²) in [6.07, 6.45) is 0. The van der Waals surface area contributed by atoms with E-state index in [-0.39, 0.29) is 0 Å². The Morgan fingerprint density at radius 1 is 0.700 bits per heavy atom. The third-order valence-corrected chi connectivity index (χ3v) is 4.03. The van der Waals surface area contributed by atoms with Gasteiger partial charge in [-0.05, 0) is 29.7 Å². The summed E-state index contributed by atoms with van der Waals surface area (Å²) < 4.78 is 0. The first-order valence-electron chi connectivity index (χ1n) is 6.90. The van der Waals surface area contributed by atoms with Crippen molar-refractivity contribution in [2.24, 2.45) is 0 Å². The highest BCUT2D eigenvalue weighted by Crippen LogP contribution is 2.33. The van der Waals surface area contributed by atoms with Crippen molar-refractivity contribution in [1.29, 1.82) is 0 Å². The molecule has 1 heterocycles. The van der Waals surface area contributed by atoms with E-state index in [1.54, 1.807) is 0 Å². The Labute approximate surface area is 117 Å². The number of fused-ring (bicyclic) bond motifs is 3. The summed E-state index contributed by atoms with van der Waals surface area (Å²) in [5.41, 5.74) is 6.32. The van der Waals surface area contributed by atoms with Crippen molar-refractivity contribution < 1.29 is 0 Å². The van der Waals surface area contributed by atoms with Crippen LogP contribution in [0.5, 0.6) is 0 Å². The summed E-state index contributed by atoms with van der Waals surface area (Å²) in [4.78, 5) is 3.56. The smallest absolute Gasteiger partial charge is 0.0500 e. The lowest BCUT2D eigenvalue weighted by atomic mass is 9.98. The molecule has 1 nitrogen and oxygen atoms in total. The molecule has 0 radical (unpaired) electrons. The molecule has 0 saturated carbocycles. The molecule has 0 spiro atoms. The van der Waals surface area contributed by atoms with Crippen molar-refractivity contribution in [3.05, 3.63) is 72.3 Å². The summed E-state index contributed by atoms with van der Waals surface area (Å²) in [6.45, 7) is 2.19. The van der Waals surface area contributed by atoms with Crippen molar-refractivity contribution in [2.45, 2.75) is 6.92 Å². The number of rotatable bonds is 1. The van der Waals surface area contributed by atoms with Crippen LogP contribution in [0.25, 0.3) is 32.9 Å². The van der Waals surface area contributed by atoms with Crippen LogP contribution in [0, 0.1) is 6.92 Å². The maximum atomic E-state index is 3.56. The number of nitrogens with one attached hydrogen (secondary N) is 1. The quantitative estimate of drug-likeness (QED) is 0.476. The second-order valence-electron chi connectivity index (χ2n) is 5.20. The Morgan fingerprint density at radius 2 is 1.45 bits per heavy atom. The van der Waals surface area contributed by atoms with Crippen molar-refractivity contribution in [3.63, 3.8) is 0 Å². The molecule has 0 atom stereocenters. The van der Waals surface area contributed by atoms with Gasteiger partial charge in [0.05, 0.1) is 5.52 Å². The number of para-hydroxylation sites is 1. The average molecular weight is 257 g/mol. The molecule has 0 amide bonds. The summed E-state index contributed by atoms with van der Waals surface area (Å²) >= 11 is 0. The van der Waals surface area contributed by atoms with Gasteiger partial charge >= 0.3 is 0 Å². The number of aromatic amines is 1. The number of hydrogen-bond donors (Lipinski definition) is 1. The first-order chi connectivity index (χ1) is 9.84. The lowest BCUT2D eigenvalue weighted by Crippen LogP contribution is -1.84. The number of benzene rings is 3. The highest BCUT2D eigenvalue weighted by Gasteiger charge is 2.09. The van der Waals surface area contributed by atoms with Crippen LogP contribution in [0.2, 0.25) is 0 Å². The van der Waals surface area contributed by atoms with Gasteiger partial charge in [0.2, 0.25) is 0 Å². The average Bonchev–Trinajstić information content (AvgIpc) is 2.88. The van der Waals surface area contributed by atoms with E-state index in [4.69, 9.17) is 0 Å². The minimum Gasteiger partial charge on any atom is -0.354 e. The van der Waals surface area contributed by atoms with Crippen LogP contribution >= 0.6 is 0 Å². The van der Waals surface area contributed by atoms with E-state index in [2.05, 4.69) is 78.6 Å². The zero-order valence-corrected chi connectivity index (χ0v) is 11.4. The number of aromatic nitrogens is 1. The van der Waals surface area contributed by atoms with Gasteiger partial charge in [0.25, 0.3) is 0 Å². The van der Waals surface area contributed by atoms with Crippen molar-refractivity contribution >= 4 is 21.8 Å². The van der Waals surface area contributed by atoms with Gasteiger partial charge < -0.3 is 4.98 Å². The fourth-order valence-electron chi connectivity index (χ4n) is 2.99. The number of hydrogen-bond acceptors (Lipinski definition) is 0. The summed E-state index contributed by atoms with van der Waals surface area (Å²) in [5.74, 6) is 0. The minimum atomic E-state index is 1.20. The molecule has 96 valence electrons. The molecule has 3 aromatic carbocycles. The fourth-order valence-corrected chi connectivity index (χ4v) is 2.99. The van der Waals surface area contributed by atoms with Gasteiger partial charge in [-0.3, -0.25) is 0 Å². The van der Waals surface area contributed by atoms with Crippen LogP contribution in [-0.4, -0.2) is 4.98 Å². The van der Waals surface area contributed by atoms with Crippen molar-refractivity contribution in [3.8, 4) is 11.1 Å². The summed E-state index contributed by atoms with van der Waals surface area (Å²) in [7, 11) is 0. The van der Waals surface area contributed by atoms with Gasteiger partial charge in [-0.1, -0.05) is 60.7 Å². The zero-order chi connectivity index (χ0) is 13.5. The topological polar surface area (TPSA) is 15.8 Å². The Hall–Kier alpha value is -2.54. The standard InChI is InChI=1S/C19H15N/c1-13-15(14-7-3-2-4-8-14)11-12-17-16-9-5-6-10-18(16)20-19(13)17/h2-12,20H,1H3. The maximum absolute atomic E-state index is 3.56. The molecule has 1 aromatic heterocycles. The molecule has 4 aromatic rings. The van der Waals surface area contributed by atoms with Crippen molar-refractivity contribution in [1.82, 2.24) is 4.98 Å². The maximum Gasteiger partial charge on any atom is 0.0500 e. The van der Waals surface area contributed by atoms with E-state index in [1.165, 1.54) is 38.5 Å². The van der Waals surface area contributed by atoms with Crippen LogP contribution in [0.3, 0.4) is 0 Å². The van der Waals surface area contributed by atoms with Crippen LogP contribution < -0.4 is 0 Å². The minimum absolute atomic E-state index is 1.20. The van der Waals surface area contributed by atoms with E-state index < -0.39 is 0 Å². The lowest BCUT2D eigenvalue weighted by molar-refractivity contribution is 1.44. The predicted octanol–water partition coefficient (Wildman–Crippen LogP) is 5.30. The molecule has 0 fully saturated rings. The monoisotopic (exact) mass is 257 g/mol. The van der Waals surface area contributed by atoms with Gasteiger partial charge in [-0.15, -0.1) is 0 Å². The Balaban J connectivity index is 2.07. The van der Waals surface area contributed by atoms with Crippen molar-refractivity contribution in [2.75, 3.05) is 0 Å². The molecule has 0 aliphatic carbocycles. The van der Waals surface area contributed by atoms with Crippen LogP contribution in [0.15, 0.2) is 66.7 Å².